The van der Waals surface area contributed by atoms with Gasteiger partial charge in [-0.05, 0) is 19.3 Å². The van der Waals surface area contributed by atoms with Crippen molar-refractivity contribution in [1.82, 2.24) is 4.98 Å². The first-order valence-electron chi connectivity index (χ1n) is 7.35. The summed E-state index contributed by atoms with van der Waals surface area (Å²) >= 11 is 0. The predicted octanol–water partition coefficient (Wildman–Crippen LogP) is 3.81. The molecule has 0 aromatic carbocycles. The minimum absolute atomic E-state index is 0.0390. The Labute approximate surface area is 116 Å². The summed E-state index contributed by atoms with van der Waals surface area (Å²) in [6.45, 7) is 8.75. The molecule has 0 atom stereocenters. The molecule has 0 aliphatic heterocycles. The maximum absolute atomic E-state index is 12.2. The Morgan fingerprint density at radius 1 is 1.32 bits per heavy atom. The fraction of sp³-hybridized carbons (Fsp3) is 0.733. The number of carbonyl (C=O) groups is 1. The first-order chi connectivity index (χ1) is 9.10. The Balaban J connectivity index is 2.78. The quantitative estimate of drug-likeness (QED) is 0.719. The lowest BCUT2D eigenvalue weighted by Gasteiger charge is -2.20. The van der Waals surface area contributed by atoms with E-state index in [-0.39, 0.29) is 11.8 Å². The maximum atomic E-state index is 12.2. The lowest BCUT2D eigenvalue weighted by Crippen LogP contribution is -2.35. The van der Waals surface area contributed by atoms with E-state index < -0.39 is 0 Å². The van der Waals surface area contributed by atoms with Gasteiger partial charge in [-0.15, -0.1) is 0 Å². The molecule has 0 radical (unpaired) electrons. The number of nitrogens with zero attached hydrogens (tertiary/aromatic N) is 2. The third kappa shape index (κ3) is 4.69. The largest absolute Gasteiger partial charge is 0.431 e. The van der Waals surface area contributed by atoms with E-state index in [0.29, 0.717) is 12.6 Å². The summed E-state index contributed by atoms with van der Waals surface area (Å²) in [5.74, 6) is 0.0418. The number of aryl methyl sites for hydroxylation is 1. The first kappa shape index (κ1) is 15.7. The van der Waals surface area contributed by atoms with Crippen molar-refractivity contribution in [3.05, 3.63) is 12.0 Å². The zero-order valence-electron chi connectivity index (χ0n) is 12.6. The van der Waals surface area contributed by atoms with Crippen molar-refractivity contribution < 1.29 is 9.21 Å². The van der Waals surface area contributed by atoms with Crippen molar-refractivity contribution in [1.29, 1.82) is 0 Å². The summed E-state index contributed by atoms with van der Waals surface area (Å²) in [4.78, 5) is 18.3. The summed E-state index contributed by atoms with van der Waals surface area (Å²) in [6, 6.07) is 0.457. The van der Waals surface area contributed by atoms with Gasteiger partial charge in [-0.3, -0.25) is 9.69 Å². The lowest BCUT2D eigenvalue weighted by molar-refractivity contribution is -0.121. The molecule has 1 heterocycles. The molecule has 1 aromatic rings. The molecule has 108 valence electrons. The van der Waals surface area contributed by atoms with Crippen LogP contribution in [0.3, 0.4) is 0 Å². The topological polar surface area (TPSA) is 46.3 Å². The first-order valence-corrected chi connectivity index (χ1v) is 7.35. The van der Waals surface area contributed by atoms with Crippen LogP contribution >= 0.6 is 0 Å². The van der Waals surface area contributed by atoms with Gasteiger partial charge in [0.2, 0.25) is 5.91 Å². The molecule has 0 fully saturated rings. The van der Waals surface area contributed by atoms with Crippen LogP contribution in [0.1, 0.15) is 59.1 Å². The second-order valence-electron chi connectivity index (χ2n) is 5.22. The van der Waals surface area contributed by atoms with Crippen molar-refractivity contribution >= 4 is 11.9 Å². The van der Waals surface area contributed by atoms with Gasteiger partial charge in [0, 0.05) is 12.5 Å². The van der Waals surface area contributed by atoms with Crippen LogP contribution in [0.25, 0.3) is 0 Å². The predicted molar refractivity (Wildman–Crippen MR) is 77.2 cm³/mol. The van der Waals surface area contributed by atoms with E-state index in [2.05, 4.69) is 18.8 Å². The highest BCUT2D eigenvalue weighted by Gasteiger charge is 2.22. The molecule has 1 amide bonds. The molecule has 0 aliphatic rings. The number of unbranched alkanes of at least 4 members (excludes halogenated alkanes) is 2. The summed E-state index contributed by atoms with van der Waals surface area (Å²) in [5, 5.41) is 0. The number of amides is 1. The van der Waals surface area contributed by atoms with Crippen LogP contribution in [0.5, 0.6) is 0 Å². The molecular weight excluding hydrogens is 240 g/mol. The highest BCUT2D eigenvalue weighted by atomic mass is 16.4. The van der Waals surface area contributed by atoms with Crippen molar-refractivity contribution in [2.24, 2.45) is 5.92 Å². The molecule has 0 aliphatic carbocycles. The number of rotatable bonds is 8. The number of aromatic nitrogens is 1. The highest BCUT2D eigenvalue weighted by Crippen LogP contribution is 2.18. The Morgan fingerprint density at radius 3 is 2.58 bits per heavy atom. The highest BCUT2D eigenvalue weighted by molar-refractivity contribution is 5.92. The van der Waals surface area contributed by atoms with E-state index in [4.69, 9.17) is 4.42 Å². The monoisotopic (exact) mass is 266 g/mol. The number of hydrogen-bond acceptors (Lipinski definition) is 3. The zero-order chi connectivity index (χ0) is 14.3. The summed E-state index contributed by atoms with van der Waals surface area (Å²) in [7, 11) is 0. The maximum Gasteiger partial charge on any atom is 0.304 e. The van der Waals surface area contributed by atoms with E-state index in [1.807, 2.05) is 13.8 Å². The van der Waals surface area contributed by atoms with Gasteiger partial charge in [0.05, 0.1) is 5.69 Å². The van der Waals surface area contributed by atoms with Crippen LogP contribution in [0.15, 0.2) is 10.7 Å². The normalized spacial score (nSPS) is 11.0. The van der Waals surface area contributed by atoms with Crippen LogP contribution in [-0.4, -0.2) is 17.4 Å². The molecule has 0 spiro atoms. The van der Waals surface area contributed by atoms with Gasteiger partial charge in [0.1, 0.15) is 6.26 Å². The van der Waals surface area contributed by atoms with Gasteiger partial charge in [-0.25, -0.2) is 0 Å². The molecule has 0 saturated heterocycles. The number of oxazole rings is 1. The van der Waals surface area contributed by atoms with Crippen molar-refractivity contribution in [2.45, 2.75) is 59.8 Å². The zero-order valence-corrected chi connectivity index (χ0v) is 12.6. The van der Waals surface area contributed by atoms with Gasteiger partial charge < -0.3 is 4.42 Å². The van der Waals surface area contributed by atoms with Crippen molar-refractivity contribution in [3.63, 3.8) is 0 Å². The molecule has 0 bridgehead atoms. The van der Waals surface area contributed by atoms with Gasteiger partial charge in [0.15, 0.2) is 0 Å². The second-order valence-corrected chi connectivity index (χ2v) is 5.22. The fourth-order valence-corrected chi connectivity index (χ4v) is 1.82. The Bertz CT molecular complexity index is 385. The van der Waals surface area contributed by atoms with Gasteiger partial charge in [0.25, 0.3) is 0 Å². The molecule has 4 nitrogen and oxygen atoms in total. The average Bonchev–Trinajstić information content (AvgIpc) is 2.85. The standard InChI is InChI=1S/C15H26N2O2/c1-5-7-9-13-11-19-15(16-13)17(10-8-6-2)14(18)12(3)4/h11-12H,5-10H2,1-4H3. The molecule has 4 heteroatoms. The second kappa shape index (κ2) is 7.97. The van der Waals surface area contributed by atoms with Crippen LogP contribution < -0.4 is 4.90 Å². The van der Waals surface area contributed by atoms with Gasteiger partial charge >= 0.3 is 6.01 Å². The van der Waals surface area contributed by atoms with E-state index in [1.165, 1.54) is 0 Å². The number of hydrogen-bond donors (Lipinski definition) is 0. The van der Waals surface area contributed by atoms with E-state index in [9.17, 15) is 4.79 Å². The SMILES string of the molecule is CCCCc1coc(N(CCCC)C(=O)C(C)C)n1. The van der Waals surface area contributed by atoms with Gasteiger partial charge in [-0.1, -0.05) is 40.5 Å². The van der Waals surface area contributed by atoms with Crippen LogP contribution in [-0.2, 0) is 11.2 Å². The summed E-state index contributed by atoms with van der Waals surface area (Å²) in [6.07, 6.45) is 6.83. The van der Waals surface area contributed by atoms with Gasteiger partial charge in [-0.2, -0.15) is 4.98 Å². The third-order valence-electron chi connectivity index (χ3n) is 3.05. The lowest BCUT2D eigenvalue weighted by atomic mass is 10.2. The minimum atomic E-state index is -0.0390. The summed E-state index contributed by atoms with van der Waals surface area (Å²) < 4.78 is 5.49. The van der Waals surface area contributed by atoms with Crippen molar-refractivity contribution in [3.8, 4) is 0 Å². The molecule has 0 unspecified atom stereocenters. The van der Waals surface area contributed by atoms with Crippen LogP contribution in [0, 0.1) is 5.92 Å². The molecule has 1 rings (SSSR count). The number of anilines is 1. The van der Waals surface area contributed by atoms with Crippen LogP contribution in [0.2, 0.25) is 0 Å². The van der Waals surface area contributed by atoms with Crippen molar-refractivity contribution in [2.75, 3.05) is 11.4 Å². The Hall–Kier alpha value is -1.32. The molecular formula is C15H26N2O2. The number of carbonyl (C=O) groups excluding carboxylic acids is 1. The van der Waals surface area contributed by atoms with E-state index >= 15 is 0 Å². The third-order valence-corrected chi connectivity index (χ3v) is 3.05. The van der Waals surface area contributed by atoms with Crippen LogP contribution in [0.4, 0.5) is 6.01 Å². The average molecular weight is 266 g/mol. The molecule has 0 saturated carbocycles. The minimum Gasteiger partial charge on any atom is -0.431 e. The molecule has 19 heavy (non-hydrogen) atoms. The Morgan fingerprint density at radius 2 is 2.00 bits per heavy atom. The fourth-order valence-electron chi connectivity index (χ4n) is 1.82. The molecule has 1 aromatic heterocycles. The van der Waals surface area contributed by atoms with E-state index in [1.54, 1.807) is 11.2 Å². The molecule has 0 N–H and O–H groups in total. The smallest absolute Gasteiger partial charge is 0.304 e. The summed E-state index contributed by atoms with van der Waals surface area (Å²) in [5.41, 5.74) is 0.940. The Kier molecular flexibility index (Phi) is 6.60. The van der Waals surface area contributed by atoms with E-state index in [0.717, 1.165) is 37.8 Å².